The lowest BCUT2D eigenvalue weighted by Crippen LogP contribution is -2.37. The third-order valence-electron chi connectivity index (χ3n) is 3.35. The fourth-order valence-electron chi connectivity index (χ4n) is 2.20. The van der Waals surface area contributed by atoms with Gasteiger partial charge in [-0.1, -0.05) is 0 Å². The molecule has 5 heteroatoms. The minimum Gasteiger partial charge on any atom is -0.496 e. The average Bonchev–Trinajstić information content (AvgIpc) is 2.52. The molecule has 0 amide bonds. The van der Waals surface area contributed by atoms with Crippen LogP contribution >= 0.6 is 0 Å². The van der Waals surface area contributed by atoms with E-state index < -0.39 is 0 Å². The first-order chi connectivity index (χ1) is 9.81. The fourth-order valence-corrected chi connectivity index (χ4v) is 2.20. The lowest BCUT2D eigenvalue weighted by atomic mass is 10.1. The van der Waals surface area contributed by atoms with Gasteiger partial charge in [-0.15, -0.1) is 0 Å². The third-order valence-corrected chi connectivity index (χ3v) is 3.35. The van der Waals surface area contributed by atoms with Crippen molar-refractivity contribution in [2.24, 2.45) is 0 Å². The molecular formula is C15H23NO4. The van der Waals surface area contributed by atoms with E-state index in [1.54, 1.807) is 14.2 Å². The quantitative estimate of drug-likeness (QED) is 0.773. The maximum atomic E-state index is 5.73. The third kappa shape index (κ3) is 4.58. The van der Waals surface area contributed by atoms with E-state index in [4.69, 9.17) is 18.9 Å². The van der Waals surface area contributed by atoms with Crippen molar-refractivity contribution in [1.82, 2.24) is 5.32 Å². The molecule has 0 spiro atoms. The van der Waals surface area contributed by atoms with Gasteiger partial charge in [0.1, 0.15) is 23.9 Å². The highest BCUT2D eigenvalue weighted by Crippen LogP contribution is 2.27. The molecule has 1 N–H and O–H groups in total. The zero-order chi connectivity index (χ0) is 14.2. The summed E-state index contributed by atoms with van der Waals surface area (Å²) in [6.07, 6.45) is 2.15. The minimum atomic E-state index is 0.548. The van der Waals surface area contributed by atoms with Crippen LogP contribution in [0.25, 0.3) is 0 Å². The standard InChI is InChI=1S/C15H23NO4/c1-17-13-9-14(18-2)11-15(10-13)20-8-5-16-12-3-6-19-7-4-12/h9-12,16H,3-8H2,1-2H3. The monoisotopic (exact) mass is 281 g/mol. The molecule has 112 valence electrons. The summed E-state index contributed by atoms with van der Waals surface area (Å²) >= 11 is 0. The Bertz CT molecular complexity index is 383. The van der Waals surface area contributed by atoms with Crippen LogP contribution < -0.4 is 19.5 Å². The molecule has 5 nitrogen and oxygen atoms in total. The van der Waals surface area contributed by atoms with Crippen molar-refractivity contribution in [3.05, 3.63) is 18.2 Å². The second kappa shape index (κ2) is 7.97. The summed E-state index contributed by atoms with van der Waals surface area (Å²) in [5, 5.41) is 3.48. The minimum absolute atomic E-state index is 0.548. The van der Waals surface area contributed by atoms with Crippen LogP contribution in [-0.4, -0.2) is 46.6 Å². The van der Waals surface area contributed by atoms with Gasteiger partial charge in [0.25, 0.3) is 0 Å². The van der Waals surface area contributed by atoms with Crippen LogP contribution in [-0.2, 0) is 4.74 Å². The molecule has 1 saturated heterocycles. The van der Waals surface area contributed by atoms with Crippen LogP contribution in [0.4, 0.5) is 0 Å². The number of benzene rings is 1. The number of hydrogen-bond acceptors (Lipinski definition) is 5. The Morgan fingerprint density at radius 3 is 2.25 bits per heavy atom. The van der Waals surface area contributed by atoms with Gasteiger partial charge in [-0.2, -0.15) is 0 Å². The molecule has 0 unspecified atom stereocenters. The Morgan fingerprint density at radius 2 is 1.65 bits per heavy atom. The average molecular weight is 281 g/mol. The first-order valence-electron chi connectivity index (χ1n) is 6.99. The first-order valence-corrected chi connectivity index (χ1v) is 6.99. The van der Waals surface area contributed by atoms with Gasteiger partial charge in [0.15, 0.2) is 0 Å². The van der Waals surface area contributed by atoms with Crippen LogP contribution in [0.1, 0.15) is 12.8 Å². The second-order valence-corrected chi connectivity index (χ2v) is 4.74. The van der Waals surface area contributed by atoms with E-state index in [1.165, 1.54) is 0 Å². The van der Waals surface area contributed by atoms with Crippen LogP contribution in [0.2, 0.25) is 0 Å². The van der Waals surface area contributed by atoms with Gasteiger partial charge in [0.05, 0.1) is 14.2 Å². The molecule has 1 heterocycles. The van der Waals surface area contributed by atoms with Gasteiger partial charge in [0.2, 0.25) is 0 Å². The van der Waals surface area contributed by atoms with E-state index >= 15 is 0 Å². The van der Waals surface area contributed by atoms with Gasteiger partial charge in [-0.05, 0) is 12.8 Å². The van der Waals surface area contributed by atoms with Crippen LogP contribution in [0.15, 0.2) is 18.2 Å². The Morgan fingerprint density at radius 1 is 1.05 bits per heavy atom. The van der Waals surface area contributed by atoms with Crippen LogP contribution in [0.5, 0.6) is 17.2 Å². The van der Waals surface area contributed by atoms with Crippen molar-refractivity contribution in [2.45, 2.75) is 18.9 Å². The molecule has 0 aliphatic carbocycles. The number of nitrogens with one attached hydrogen (secondary N) is 1. The zero-order valence-corrected chi connectivity index (χ0v) is 12.2. The van der Waals surface area contributed by atoms with E-state index in [-0.39, 0.29) is 0 Å². The van der Waals surface area contributed by atoms with Crippen LogP contribution in [0.3, 0.4) is 0 Å². The number of hydrogen-bond donors (Lipinski definition) is 1. The molecule has 0 atom stereocenters. The fraction of sp³-hybridized carbons (Fsp3) is 0.600. The smallest absolute Gasteiger partial charge is 0.126 e. The van der Waals surface area contributed by atoms with Crippen LogP contribution in [0, 0.1) is 0 Å². The Hall–Kier alpha value is -1.46. The highest BCUT2D eigenvalue weighted by molar-refractivity contribution is 5.41. The van der Waals surface area contributed by atoms with Crippen molar-refractivity contribution in [2.75, 3.05) is 40.6 Å². The first kappa shape index (κ1) is 14.9. The van der Waals surface area contributed by atoms with Gasteiger partial charge in [0, 0.05) is 44.0 Å². The van der Waals surface area contributed by atoms with Crippen molar-refractivity contribution >= 4 is 0 Å². The largest absolute Gasteiger partial charge is 0.496 e. The lowest BCUT2D eigenvalue weighted by Gasteiger charge is -2.23. The lowest BCUT2D eigenvalue weighted by molar-refractivity contribution is 0.0770. The highest BCUT2D eigenvalue weighted by Gasteiger charge is 2.12. The summed E-state index contributed by atoms with van der Waals surface area (Å²) in [5.41, 5.74) is 0. The van der Waals surface area contributed by atoms with E-state index in [0.29, 0.717) is 12.6 Å². The van der Waals surface area contributed by atoms with Gasteiger partial charge in [-0.25, -0.2) is 0 Å². The highest BCUT2D eigenvalue weighted by atomic mass is 16.5. The molecule has 0 bridgehead atoms. The molecule has 1 fully saturated rings. The summed E-state index contributed by atoms with van der Waals surface area (Å²) in [6.45, 7) is 3.15. The molecule has 1 aromatic carbocycles. The number of methoxy groups -OCH3 is 2. The molecule has 1 aromatic rings. The Balaban J connectivity index is 1.75. The van der Waals surface area contributed by atoms with Gasteiger partial charge >= 0.3 is 0 Å². The summed E-state index contributed by atoms with van der Waals surface area (Å²) in [4.78, 5) is 0. The van der Waals surface area contributed by atoms with E-state index in [2.05, 4.69) is 5.32 Å². The topological polar surface area (TPSA) is 49.0 Å². The van der Waals surface area contributed by atoms with Gasteiger partial charge < -0.3 is 24.3 Å². The van der Waals surface area contributed by atoms with Crippen molar-refractivity contribution < 1.29 is 18.9 Å². The molecule has 1 aliphatic heterocycles. The Labute approximate surface area is 120 Å². The zero-order valence-electron chi connectivity index (χ0n) is 12.2. The summed E-state index contributed by atoms with van der Waals surface area (Å²) in [6, 6.07) is 6.09. The predicted molar refractivity (Wildman–Crippen MR) is 76.9 cm³/mol. The summed E-state index contributed by atoms with van der Waals surface area (Å²) in [5.74, 6) is 2.23. The summed E-state index contributed by atoms with van der Waals surface area (Å²) in [7, 11) is 3.26. The molecule has 20 heavy (non-hydrogen) atoms. The molecule has 1 aliphatic rings. The number of ether oxygens (including phenoxy) is 4. The number of rotatable bonds is 7. The summed E-state index contributed by atoms with van der Waals surface area (Å²) < 4.78 is 21.5. The molecule has 0 saturated carbocycles. The van der Waals surface area contributed by atoms with E-state index in [9.17, 15) is 0 Å². The molecule has 0 aromatic heterocycles. The molecular weight excluding hydrogens is 258 g/mol. The maximum Gasteiger partial charge on any atom is 0.126 e. The molecule has 0 radical (unpaired) electrons. The maximum absolute atomic E-state index is 5.73. The van der Waals surface area contributed by atoms with Crippen molar-refractivity contribution in [1.29, 1.82) is 0 Å². The van der Waals surface area contributed by atoms with Gasteiger partial charge in [-0.3, -0.25) is 0 Å². The van der Waals surface area contributed by atoms with E-state index in [1.807, 2.05) is 18.2 Å². The van der Waals surface area contributed by atoms with Crippen molar-refractivity contribution in [3.63, 3.8) is 0 Å². The predicted octanol–water partition coefficient (Wildman–Crippen LogP) is 1.85. The normalized spacial score (nSPS) is 15.9. The van der Waals surface area contributed by atoms with E-state index in [0.717, 1.165) is 49.8 Å². The SMILES string of the molecule is COc1cc(OC)cc(OCCNC2CCOCC2)c1. The van der Waals surface area contributed by atoms with Crippen molar-refractivity contribution in [3.8, 4) is 17.2 Å². The second-order valence-electron chi connectivity index (χ2n) is 4.74. The molecule has 2 rings (SSSR count). The Kier molecular flexibility index (Phi) is 5.95.